The number of aliphatic carboxylic acids is 1. The second-order valence-electron chi connectivity index (χ2n) is 3.97. The average Bonchev–Trinajstić information content (AvgIpc) is 2.43. The highest BCUT2D eigenvalue weighted by Crippen LogP contribution is 2.32. The first-order chi connectivity index (χ1) is 9.69. The molecule has 1 rings (SSSR count). The van der Waals surface area contributed by atoms with Gasteiger partial charge in [-0.3, -0.25) is 0 Å². The lowest BCUT2D eigenvalue weighted by Gasteiger charge is -2.14. The largest absolute Gasteiger partial charge is 0.490 e. The van der Waals surface area contributed by atoms with E-state index in [0.717, 1.165) is 12.5 Å². The molecule has 0 aliphatic carbocycles. The molecule has 0 saturated carbocycles. The van der Waals surface area contributed by atoms with E-state index in [0.29, 0.717) is 36.9 Å². The monoisotopic (exact) mass is 280 g/mol. The van der Waals surface area contributed by atoms with Crippen LogP contribution in [0.2, 0.25) is 0 Å². The molecule has 110 valence electrons. The molecule has 0 bridgehead atoms. The highest BCUT2D eigenvalue weighted by atomic mass is 16.5. The van der Waals surface area contributed by atoms with Gasteiger partial charge in [0, 0.05) is 31.8 Å². The first kappa shape index (κ1) is 16.0. The summed E-state index contributed by atoms with van der Waals surface area (Å²) in [6.07, 6.45) is 3.32. The molecule has 0 unspecified atom stereocenters. The van der Waals surface area contributed by atoms with Gasteiger partial charge in [0.1, 0.15) is 0 Å². The van der Waals surface area contributed by atoms with Gasteiger partial charge in [0.2, 0.25) is 0 Å². The number of methoxy groups -OCH3 is 1. The molecule has 0 aromatic heterocycles. The summed E-state index contributed by atoms with van der Waals surface area (Å²) >= 11 is 0. The Morgan fingerprint density at radius 2 is 2.10 bits per heavy atom. The Kier molecular flexibility index (Phi) is 7.21. The molecule has 1 N–H and O–H groups in total. The first-order valence-electron chi connectivity index (χ1n) is 6.47. The summed E-state index contributed by atoms with van der Waals surface area (Å²) in [5, 5.41) is 8.71. The van der Waals surface area contributed by atoms with E-state index in [4.69, 9.17) is 19.3 Å². The molecule has 5 heteroatoms. The molecule has 0 fully saturated rings. The van der Waals surface area contributed by atoms with E-state index >= 15 is 0 Å². The van der Waals surface area contributed by atoms with Crippen LogP contribution in [0.3, 0.4) is 0 Å². The second-order valence-corrected chi connectivity index (χ2v) is 3.97. The fourth-order valence-corrected chi connectivity index (χ4v) is 1.63. The molecule has 0 spiro atoms. The minimum Gasteiger partial charge on any atom is -0.490 e. The molecule has 1 aromatic rings. The standard InChI is InChI=1S/C15H20O5/c1-3-19-13-7-4-6-12(8-9-14(16)17)15(13)20-11-5-10-18-2/h4,6-9H,3,5,10-11H2,1-2H3,(H,16,17)/b9-8+. The Bertz CT molecular complexity index is 454. The maximum absolute atomic E-state index is 10.6. The molecule has 0 saturated heterocycles. The van der Waals surface area contributed by atoms with Crippen LogP contribution < -0.4 is 9.47 Å². The number of carbonyl (C=O) groups is 1. The van der Waals surface area contributed by atoms with Crippen LogP contribution >= 0.6 is 0 Å². The summed E-state index contributed by atoms with van der Waals surface area (Å²) in [6.45, 7) is 3.48. The van der Waals surface area contributed by atoms with Crippen molar-refractivity contribution in [2.45, 2.75) is 13.3 Å². The van der Waals surface area contributed by atoms with Gasteiger partial charge in [-0.05, 0) is 19.1 Å². The van der Waals surface area contributed by atoms with Gasteiger partial charge in [0.05, 0.1) is 13.2 Å². The Hall–Kier alpha value is -2.01. The quantitative estimate of drug-likeness (QED) is 0.556. The number of ether oxygens (including phenoxy) is 3. The number of benzene rings is 1. The van der Waals surface area contributed by atoms with E-state index in [2.05, 4.69) is 0 Å². The van der Waals surface area contributed by atoms with Crippen molar-refractivity contribution >= 4 is 12.0 Å². The van der Waals surface area contributed by atoms with Gasteiger partial charge in [-0.1, -0.05) is 12.1 Å². The lowest BCUT2D eigenvalue weighted by molar-refractivity contribution is -0.131. The van der Waals surface area contributed by atoms with Crippen LogP contribution in [0.25, 0.3) is 6.08 Å². The van der Waals surface area contributed by atoms with Crippen molar-refractivity contribution in [2.75, 3.05) is 26.9 Å². The predicted molar refractivity (Wildman–Crippen MR) is 76.3 cm³/mol. The number of hydrogen-bond donors (Lipinski definition) is 1. The van der Waals surface area contributed by atoms with Crippen LogP contribution in [-0.4, -0.2) is 38.0 Å². The average molecular weight is 280 g/mol. The van der Waals surface area contributed by atoms with Crippen molar-refractivity contribution in [3.8, 4) is 11.5 Å². The topological polar surface area (TPSA) is 65.0 Å². The predicted octanol–water partition coefficient (Wildman–Crippen LogP) is 2.60. The molecular weight excluding hydrogens is 260 g/mol. The van der Waals surface area contributed by atoms with Gasteiger partial charge in [-0.15, -0.1) is 0 Å². The maximum Gasteiger partial charge on any atom is 0.328 e. The van der Waals surface area contributed by atoms with Gasteiger partial charge < -0.3 is 19.3 Å². The summed E-state index contributed by atoms with van der Waals surface area (Å²) in [5.74, 6) is 0.164. The van der Waals surface area contributed by atoms with Crippen molar-refractivity contribution < 1.29 is 24.1 Å². The smallest absolute Gasteiger partial charge is 0.328 e. The maximum atomic E-state index is 10.6. The third-order valence-electron chi connectivity index (χ3n) is 2.45. The molecule has 0 amide bonds. The van der Waals surface area contributed by atoms with Crippen LogP contribution in [0.1, 0.15) is 18.9 Å². The molecule has 0 aliphatic rings. The lowest BCUT2D eigenvalue weighted by atomic mass is 10.1. The van der Waals surface area contributed by atoms with Crippen LogP contribution in [0.5, 0.6) is 11.5 Å². The van der Waals surface area contributed by atoms with Crippen molar-refractivity contribution in [3.63, 3.8) is 0 Å². The van der Waals surface area contributed by atoms with Crippen molar-refractivity contribution in [2.24, 2.45) is 0 Å². The van der Waals surface area contributed by atoms with E-state index in [-0.39, 0.29) is 0 Å². The van der Waals surface area contributed by atoms with Crippen LogP contribution in [0, 0.1) is 0 Å². The minimum absolute atomic E-state index is 0.478. The minimum atomic E-state index is -1.00. The second kappa shape index (κ2) is 8.98. The number of hydrogen-bond acceptors (Lipinski definition) is 4. The van der Waals surface area contributed by atoms with Crippen LogP contribution in [0.15, 0.2) is 24.3 Å². The molecule has 1 aromatic carbocycles. The third-order valence-corrected chi connectivity index (χ3v) is 2.45. The zero-order valence-electron chi connectivity index (χ0n) is 11.8. The Labute approximate surface area is 118 Å². The molecule has 20 heavy (non-hydrogen) atoms. The first-order valence-corrected chi connectivity index (χ1v) is 6.47. The molecule has 0 atom stereocenters. The van der Waals surface area contributed by atoms with Gasteiger partial charge in [0.15, 0.2) is 11.5 Å². The number of para-hydroxylation sites is 1. The van der Waals surface area contributed by atoms with E-state index < -0.39 is 5.97 Å². The van der Waals surface area contributed by atoms with Gasteiger partial charge in [-0.2, -0.15) is 0 Å². The number of rotatable bonds is 9. The third kappa shape index (κ3) is 5.32. The normalized spacial score (nSPS) is 10.7. The fourth-order valence-electron chi connectivity index (χ4n) is 1.63. The van der Waals surface area contributed by atoms with Crippen molar-refractivity contribution in [1.29, 1.82) is 0 Å². The van der Waals surface area contributed by atoms with Crippen LogP contribution in [0.4, 0.5) is 0 Å². The summed E-state index contributed by atoms with van der Waals surface area (Å²) in [6, 6.07) is 5.38. The highest BCUT2D eigenvalue weighted by Gasteiger charge is 2.09. The van der Waals surface area contributed by atoms with Crippen molar-refractivity contribution in [1.82, 2.24) is 0 Å². The lowest BCUT2D eigenvalue weighted by Crippen LogP contribution is -2.04. The summed E-state index contributed by atoms with van der Waals surface area (Å²) in [7, 11) is 1.63. The molecule has 0 radical (unpaired) electrons. The van der Waals surface area contributed by atoms with E-state index in [1.165, 1.54) is 6.08 Å². The number of carboxylic acids is 1. The van der Waals surface area contributed by atoms with E-state index in [1.807, 2.05) is 6.92 Å². The van der Waals surface area contributed by atoms with Crippen molar-refractivity contribution in [3.05, 3.63) is 29.8 Å². The van der Waals surface area contributed by atoms with Crippen LogP contribution in [-0.2, 0) is 9.53 Å². The Balaban J connectivity index is 2.90. The van der Waals surface area contributed by atoms with E-state index in [1.54, 1.807) is 25.3 Å². The van der Waals surface area contributed by atoms with Gasteiger partial charge >= 0.3 is 5.97 Å². The summed E-state index contributed by atoms with van der Waals surface area (Å²) < 4.78 is 16.2. The van der Waals surface area contributed by atoms with Gasteiger partial charge in [0.25, 0.3) is 0 Å². The zero-order valence-corrected chi connectivity index (χ0v) is 11.8. The Morgan fingerprint density at radius 1 is 1.30 bits per heavy atom. The zero-order chi connectivity index (χ0) is 14.8. The van der Waals surface area contributed by atoms with Gasteiger partial charge in [-0.25, -0.2) is 4.79 Å². The Morgan fingerprint density at radius 3 is 2.75 bits per heavy atom. The molecule has 0 heterocycles. The molecule has 0 aliphatic heterocycles. The molecule has 5 nitrogen and oxygen atoms in total. The summed E-state index contributed by atoms with van der Waals surface area (Å²) in [4.78, 5) is 10.6. The molecular formula is C15H20O5. The highest BCUT2D eigenvalue weighted by molar-refractivity contribution is 5.86. The SMILES string of the molecule is CCOc1cccc(/C=C/C(=O)O)c1OCCCOC. The summed E-state index contributed by atoms with van der Waals surface area (Å²) in [5.41, 5.74) is 0.677. The van der Waals surface area contributed by atoms with E-state index in [9.17, 15) is 4.79 Å². The number of carboxylic acid groups (broad SMARTS) is 1. The fraction of sp³-hybridized carbons (Fsp3) is 0.400.